The van der Waals surface area contributed by atoms with Crippen molar-refractivity contribution in [2.24, 2.45) is 17.8 Å². The SMILES string of the molecule is O=C(C1C(c2ccc3c(c2)OCO3)C=CC2CCCCC21)N1CCCC1. The first-order chi connectivity index (χ1) is 12.8. The van der Waals surface area contributed by atoms with Gasteiger partial charge in [-0.15, -0.1) is 0 Å². The van der Waals surface area contributed by atoms with E-state index in [1.165, 1.54) is 31.2 Å². The molecule has 0 N–H and O–H groups in total. The molecule has 26 heavy (non-hydrogen) atoms. The van der Waals surface area contributed by atoms with Crippen molar-refractivity contribution in [1.82, 2.24) is 4.90 Å². The maximum Gasteiger partial charge on any atom is 0.231 e. The number of amides is 1. The molecule has 2 fully saturated rings. The van der Waals surface area contributed by atoms with Crippen molar-refractivity contribution in [2.75, 3.05) is 19.9 Å². The van der Waals surface area contributed by atoms with Crippen LogP contribution in [0.2, 0.25) is 0 Å². The topological polar surface area (TPSA) is 38.8 Å². The molecule has 1 saturated heterocycles. The van der Waals surface area contributed by atoms with E-state index < -0.39 is 0 Å². The van der Waals surface area contributed by atoms with Crippen LogP contribution in [0, 0.1) is 17.8 Å². The second-order valence-electron chi connectivity index (χ2n) is 8.19. The lowest BCUT2D eigenvalue weighted by Crippen LogP contribution is -2.44. The number of nitrogens with zero attached hydrogens (tertiary/aromatic N) is 1. The van der Waals surface area contributed by atoms with Gasteiger partial charge in [0.1, 0.15) is 0 Å². The number of fused-ring (bicyclic) bond motifs is 2. The molecule has 0 aromatic heterocycles. The Kier molecular flexibility index (Phi) is 4.14. The summed E-state index contributed by atoms with van der Waals surface area (Å²) in [4.78, 5) is 15.6. The van der Waals surface area contributed by atoms with E-state index in [4.69, 9.17) is 9.47 Å². The van der Waals surface area contributed by atoms with Crippen LogP contribution >= 0.6 is 0 Å². The highest BCUT2D eigenvalue weighted by molar-refractivity contribution is 5.81. The predicted octanol–water partition coefficient (Wildman–Crippen LogP) is 4.11. The molecule has 2 aliphatic heterocycles. The lowest BCUT2D eigenvalue weighted by atomic mass is 9.63. The second kappa shape index (κ2) is 6.64. The summed E-state index contributed by atoms with van der Waals surface area (Å²) in [6, 6.07) is 6.20. The van der Waals surface area contributed by atoms with Gasteiger partial charge in [-0.3, -0.25) is 4.79 Å². The maximum absolute atomic E-state index is 13.5. The van der Waals surface area contributed by atoms with Crippen molar-refractivity contribution in [3.8, 4) is 11.5 Å². The standard InChI is InChI=1S/C22H27NO3/c24-22(23-11-3-4-12-23)21-17-6-2-1-5-15(17)7-9-18(21)16-8-10-19-20(13-16)26-14-25-19/h7-10,13,15,17-18,21H,1-6,11-12,14H2. The van der Waals surface area contributed by atoms with E-state index in [1.54, 1.807) is 0 Å². The number of likely N-dealkylation sites (tertiary alicyclic amines) is 1. The van der Waals surface area contributed by atoms with E-state index >= 15 is 0 Å². The summed E-state index contributed by atoms with van der Waals surface area (Å²) in [6.45, 7) is 2.16. The number of benzene rings is 1. The molecule has 4 unspecified atom stereocenters. The molecule has 0 bridgehead atoms. The fraction of sp³-hybridized carbons (Fsp3) is 0.591. The zero-order valence-corrected chi connectivity index (χ0v) is 15.2. The summed E-state index contributed by atoms with van der Waals surface area (Å²) < 4.78 is 11.1. The number of hydrogen-bond acceptors (Lipinski definition) is 3. The first-order valence-corrected chi connectivity index (χ1v) is 10.2. The lowest BCUT2D eigenvalue weighted by molar-refractivity contribution is -0.138. The van der Waals surface area contributed by atoms with E-state index in [0.717, 1.165) is 37.4 Å². The molecule has 2 heterocycles. The van der Waals surface area contributed by atoms with Gasteiger partial charge in [0.15, 0.2) is 11.5 Å². The van der Waals surface area contributed by atoms with Crippen molar-refractivity contribution in [2.45, 2.75) is 44.4 Å². The number of hydrogen-bond donors (Lipinski definition) is 0. The van der Waals surface area contributed by atoms with Crippen molar-refractivity contribution in [1.29, 1.82) is 0 Å². The highest BCUT2D eigenvalue weighted by Crippen LogP contribution is 2.48. The van der Waals surface area contributed by atoms with Gasteiger partial charge in [-0.2, -0.15) is 0 Å². The molecule has 1 saturated carbocycles. The molecule has 5 rings (SSSR count). The van der Waals surface area contributed by atoms with Crippen molar-refractivity contribution in [3.05, 3.63) is 35.9 Å². The van der Waals surface area contributed by atoms with Gasteiger partial charge in [0, 0.05) is 19.0 Å². The monoisotopic (exact) mass is 353 g/mol. The zero-order chi connectivity index (χ0) is 17.5. The maximum atomic E-state index is 13.5. The Bertz CT molecular complexity index is 722. The van der Waals surface area contributed by atoms with Gasteiger partial charge in [0.25, 0.3) is 0 Å². The lowest BCUT2D eigenvalue weighted by Gasteiger charge is -2.43. The summed E-state index contributed by atoms with van der Waals surface area (Å²) in [5.74, 6) is 3.29. The van der Waals surface area contributed by atoms with Gasteiger partial charge in [0.2, 0.25) is 12.7 Å². The van der Waals surface area contributed by atoms with Crippen LogP contribution in [-0.4, -0.2) is 30.7 Å². The average Bonchev–Trinajstić information content (AvgIpc) is 3.37. The third-order valence-corrected chi connectivity index (χ3v) is 6.77. The zero-order valence-electron chi connectivity index (χ0n) is 15.2. The Morgan fingerprint density at radius 3 is 2.65 bits per heavy atom. The molecule has 1 amide bonds. The number of allylic oxidation sites excluding steroid dienone is 2. The van der Waals surface area contributed by atoms with E-state index in [0.29, 0.717) is 24.5 Å². The first-order valence-electron chi connectivity index (χ1n) is 10.2. The smallest absolute Gasteiger partial charge is 0.231 e. The van der Waals surface area contributed by atoms with Crippen LogP contribution < -0.4 is 9.47 Å². The largest absolute Gasteiger partial charge is 0.454 e. The summed E-state index contributed by atoms with van der Waals surface area (Å²) in [5.41, 5.74) is 1.19. The first kappa shape index (κ1) is 16.2. The normalized spacial score (nSPS) is 32.5. The molecule has 4 nitrogen and oxygen atoms in total. The molecule has 4 aliphatic rings. The second-order valence-corrected chi connectivity index (χ2v) is 8.19. The molecule has 1 aromatic carbocycles. The predicted molar refractivity (Wildman–Crippen MR) is 99.2 cm³/mol. The van der Waals surface area contributed by atoms with E-state index in [2.05, 4.69) is 29.2 Å². The van der Waals surface area contributed by atoms with Gasteiger partial charge in [-0.25, -0.2) is 0 Å². The van der Waals surface area contributed by atoms with Gasteiger partial charge in [-0.05, 0) is 55.2 Å². The molecular weight excluding hydrogens is 326 g/mol. The molecule has 4 atom stereocenters. The molecular formula is C22H27NO3. The summed E-state index contributed by atoms with van der Waals surface area (Å²) in [7, 11) is 0. The van der Waals surface area contributed by atoms with E-state index in [9.17, 15) is 4.79 Å². The van der Waals surface area contributed by atoms with E-state index in [1.807, 2.05) is 6.07 Å². The summed E-state index contributed by atoms with van der Waals surface area (Å²) >= 11 is 0. The van der Waals surface area contributed by atoms with Crippen LogP contribution in [-0.2, 0) is 4.79 Å². The minimum absolute atomic E-state index is 0.0729. The van der Waals surface area contributed by atoms with Crippen LogP contribution in [0.15, 0.2) is 30.4 Å². The molecule has 0 spiro atoms. The van der Waals surface area contributed by atoms with Crippen molar-refractivity contribution >= 4 is 5.91 Å². The Morgan fingerprint density at radius 2 is 1.77 bits per heavy atom. The third-order valence-electron chi connectivity index (χ3n) is 6.77. The molecule has 138 valence electrons. The Balaban J connectivity index is 1.51. The van der Waals surface area contributed by atoms with Crippen LogP contribution in [0.25, 0.3) is 0 Å². The fourth-order valence-corrected chi connectivity index (χ4v) is 5.45. The van der Waals surface area contributed by atoms with E-state index in [-0.39, 0.29) is 11.8 Å². The minimum atomic E-state index is 0.0729. The number of carbonyl (C=O) groups is 1. The Labute approximate surface area is 155 Å². The van der Waals surface area contributed by atoms with Crippen molar-refractivity contribution < 1.29 is 14.3 Å². The van der Waals surface area contributed by atoms with Gasteiger partial charge in [-0.1, -0.05) is 31.1 Å². The quantitative estimate of drug-likeness (QED) is 0.751. The molecule has 0 radical (unpaired) electrons. The molecule has 2 aliphatic carbocycles. The van der Waals surface area contributed by atoms with Gasteiger partial charge >= 0.3 is 0 Å². The highest BCUT2D eigenvalue weighted by Gasteiger charge is 2.44. The molecule has 4 heteroatoms. The van der Waals surface area contributed by atoms with Crippen molar-refractivity contribution in [3.63, 3.8) is 0 Å². The van der Waals surface area contributed by atoms with Gasteiger partial charge < -0.3 is 14.4 Å². The van der Waals surface area contributed by atoms with Crippen LogP contribution in [0.4, 0.5) is 0 Å². The number of ether oxygens (including phenoxy) is 2. The fourth-order valence-electron chi connectivity index (χ4n) is 5.45. The highest BCUT2D eigenvalue weighted by atomic mass is 16.7. The summed E-state index contributed by atoms with van der Waals surface area (Å²) in [6.07, 6.45) is 12.0. The van der Waals surface area contributed by atoms with Gasteiger partial charge in [0.05, 0.1) is 5.92 Å². The number of rotatable bonds is 2. The Morgan fingerprint density at radius 1 is 0.962 bits per heavy atom. The third kappa shape index (κ3) is 2.70. The van der Waals surface area contributed by atoms with Crippen LogP contribution in [0.5, 0.6) is 11.5 Å². The van der Waals surface area contributed by atoms with Crippen LogP contribution in [0.3, 0.4) is 0 Å². The Hall–Kier alpha value is -1.97. The number of carbonyl (C=O) groups excluding carboxylic acids is 1. The average molecular weight is 353 g/mol. The minimum Gasteiger partial charge on any atom is -0.454 e. The van der Waals surface area contributed by atoms with Crippen LogP contribution in [0.1, 0.15) is 50.0 Å². The molecule has 1 aromatic rings. The summed E-state index contributed by atoms with van der Waals surface area (Å²) in [5, 5.41) is 0.